The summed E-state index contributed by atoms with van der Waals surface area (Å²) in [5.41, 5.74) is -2.45. The number of rotatable bonds is 3. The van der Waals surface area contributed by atoms with Gasteiger partial charge < -0.3 is 0 Å². The summed E-state index contributed by atoms with van der Waals surface area (Å²) in [4.78, 5) is 16.1. The Morgan fingerprint density at radius 1 is 1.00 bits per heavy atom. The number of aromatic amines is 1. The highest BCUT2D eigenvalue weighted by Crippen LogP contribution is 2.34. The Hall–Kier alpha value is -3.23. The molecule has 1 N–H and O–H groups in total. The van der Waals surface area contributed by atoms with E-state index in [-0.39, 0.29) is 11.4 Å². The molecule has 3 aromatic rings. The van der Waals surface area contributed by atoms with E-state index in [4.69, 9.17) is 0 Å². The molecule has 0 atom stereocenters. The number of halogens is 3. The van der Waals surface area contributed by atoms with E-state index in [9.17, 15) is 18.0 Å². The van der Waals surface area contributed by atoms with E-state index in [2.05, 4.69) is 20.3 Å². The minimum atomic E-state index is -4.77. The number of hydrogen-bond acceptors (Lipinski definition) is 4. The summed E-state index contributed by atoms with van der Waals surface area (Å²) in [5.74, 6) is 0. The summed E-state index contributed by atoms with van der Waals surface area (Å²) in [6.45, 7) is 0. The van der Waals surface area contributed by atoms with Crippen LogP contribution in [-0.4, -0.2) is 14.8 Å². The molecule has 0 aliphatic carbocycles. The van der Waals surface area contributed by atoms with Crippen molar-refractivity contribution in [3.8, 4) is 5.69 Å². The molecule has 0 saturated carbocycles. The highest BCUT2D eigenvalue weighted by molar-refractivity contribution is 5.46. The Kier molecular flexibility index (Phi) is 3.98. The Bertz CT molecular complexity index is 914. The second-order valence-electron chi connectivity index (χ2n) is 4.71. The summed E-state index contributed by atoms with van der Waals surface area (Å²) in [7, 11) is 0. The van der Waals surface area contributed by atoms with Gasteiger partial charge in [-0.15, -0.1) is 5.11 Å². The van der Waals surface area contributed by atoms with Crippen molar-refractivity contribution >= 4 is 11.4 Å². The van der Waals surface area contributed by atoms with Gasteiger partial charge in [0.25, 0.3) is 5.56 Å². The number of aromatic nitrogens is 3. The van der Waals surface area contributed by atoms with Crippen LogP contribution in [0.3, 0.4) is 0 Å². The van der Waals surface area contributed by atoms with Crippen LogP contribution >= 0.6 is 0 Å². The lowest BCUT2D eigenvalue weighted by Crippen LogP contribution is -2.13. The first-order valence-electron chi connectivity index (χ1n) is 6.76. The maximum absolute atomic E-state index is 13.2. The number of H-pyrrole nitrogens is 1. The molecule has 0 unspecified atom stereocenters. The summed E-state index contributed by atoms with van der Waals surface area (Å²) < 4.78 is 40.3. The van der Waals surface area contributed by atoms with E-state index in [1.54, 1.807) is 18.2 Å². The van der Waals surface area contributed by atoms with Crippen LogP contribution in [0, 0.1) is 0 Å². The van der Waals surface area contributed by atoms with Crippen molar-refractivity contribution < 1.29 is 13.2 Å². The molecule has 122 valence electrons. The highest BCUT2D eigenvalue weighted by Gasteiger charge is 2.38. The van der Waals surface area contributed by atoms with Crippen molar-refractivity contribution in [2.75, 3.05) is 0 Å². The molecule has 9 heteroatoms. The predicted molar refractivity (Wildman–Crippen MR) is 79.8 cm³/mol. The number of pyridine rings is 1. The lowest BCUT2D eigenvalue weighted by atomic mass is 10.3. The Morgan fingerprint density at radius 2 is 1.67 bits per heavy atom. The van der Waals surface area contributed by atoms with Gasteiger partial charge in [0.05, 0.1) is 11.4 Å². The molecule has 0 radical (unpaired) electrons. The van der Waals surface area contributed by atoms with Crippen LogP contribution in [0.1, 0.15) is 5.69 Å². The zero-order valence-electron chi connectivity index (χ0n) is 12.0. The third-order valence-corrected chi connectivity index (χ3v) is 3.09. The Labute approximate surface area is 133 Å². The van der Waals surface area contributed by atoms with Crippen molar-refractivity contribution in [1.29, 1.82) is 0 Å². The second kappa shape index (κ2) is 6.11. The number of hydrogen-bond donors (Lipinski definition) is 1. The lowest BCUT2D eigenvalue weighted by molar-refractivity contribution is -0.140. The van der Waals surface area contributed by atoms with E-state index >= 15 is 0 Å². The van der Waals surface area contributed by atoms with E-state index in [1.807, 2.05) is 0 Å². The quantitative estimate of drug-likeness (QED) is 0.736. The smallest absolute Gasteiger partial charge is 0.284 e. The normalized spacial score (nSPS) is 12.0. The van der Waals surface area contributed by atoms with Gasteiger partial charge in [0.1, 0.15) is 0 Å². The maximum Gasteiger partial charge on any atom is 0.435 e. The Morgan fingerprint density at radius 3 is 2.29 bits per heavy atom. The van der Waals surface area contributed by atoms with Gasteiger partial charge in [0, 0.05) is 12.4 Å². The average molecular weight is 333 g/mol. The van der Waals surface area contributed by atoms with E-state index < -0.39 is 23.1 Å². The van der Waals surface area contributed by atoms with Gasteiger partial charge in [-0.1, -0.05) is 18.2 Å². The van der Waals surface area contributed by atoms with Gasteiger partial charge in [-0.2, -0.15) is 18.3 Å². The molecule has 0 amide bonds. The van der Waals surface area contributed by atoms with Crippen molar-refractivity contribution in [3.05, 3.63) is 70.9 Å². The fraction of sp³-hybridized carbons (Fsp3) is 0.0667. The number of para-hydroxylation sites is 1. The van der Waals surface area contributed by atoms with Crippen molar-refractivity contribution in [3.63, 3.8) is 0 Å². The minimum absolute atomic E-state index is 0.262. The van der Waals surface area contributed by atoms with Crippen LogP contribution in [0.5, 0.6) is 0 Å². The number of alkyl halides is 3. The van der Waals surface area contributed by atoms with Crippen LogP contribution in [0.25, 0.3) is 5.69 Å². The minimum Gasteiger partial charge on any atom is -0.284 e. The monoisotopic (exact) mass is 333 g/mol. The zero-order chi connectivity index (χ0) is 17.2. The first kappa shape index (κ1) is 15.7. The molecule has 0 spiro atoms. The van der Waals surface area contributed by atoms with Gasteiger partial charge >= 0.3 is 6.18 Å². The van der Waals surface area contributed by atoms with Crippen molar-refractivity contribution in [2.45, 2.75) is 6.18 Å². The molecule has 0 fully saturated rings. The van der Waals surface area contributed by atoms with Crippen molar-refractivity contribution in [1.82, 2.24) is 14.8 Å². The number of nitrogens with zero attached hydrogens (tertiary/aromatic N) is 4. The maximum atomic E-state index is 13.2. The molecule has 24 heavy (non-hydrogen) atoms. The van der Waals surface area contributed by atoms with Crippen molar-refractivity contribution in [2.24, 2.45) is 10.2 Å². The van der Waals surface area contributed by atoms with Crippen LogP contribution < -0.4 is 5.56 Å². The van der Waals surface area contributed by atoms with Crippen LogP contribution in [0.2, 0.25) is 0 Å². The van der Waals surface area contributed by atoms with E-state index in [1.165, 1.54) is 36.7 Å². The zero-order valence-corrected chi connectivity index (χ0v) is 12.0. The van der Waals surface area contributed by atoms with Gasteiger partial charge in [0.2, 0.25) is 0 Å². The first-order valence-corrected chi connectivity index (χ1v) is 6.76. The van der Waals surface area contributed by atoms with Gasteiger partial charge in [-0.05, 0) is 24.3 Å². The predicted octanol–water partition coefficient (Wildman–Crippen LogP) is 3.99. The summed E-state index contributed by atoms with van der Waals surface area (Å²) in [5, 5.41) is 9.23. The van der Waals surface area contributed by atoms with Gasteiger partial charge in [0.15, 0.2) is 11.4 Å². The molecular formula is C15H10F3N5O. The van der Waals surface area contributed by atoms with Gasteiger partial charge in [-0.3, -0.25) is 14.9 Å². The molecule has 0 aliphatic heterocycles. The average Bonchev–Trinajstić information content (AvgIpc) is 2.92. The third-order valence-electron chi connectivity index (χ3n) is 3.09. The largest absolute Gasteiger partial charge is 0.435 e. The fourth-order valence-electron chi connectivity index (χ4n) is 2.00. The van der Waals surface area contributed by atoms with Crippen LogP contribution in [0.15, 0.2) is 69.9 Å². The number of azo groups is 1. The molecule has 0 saturated heterocycles. The highest BCUT2D eigenvalue weighted by atomic mass is 19.4. The molecule has 0 aliphatic rings. The fourth-order valence-corrected chi connectivity index (χ4v) is 2.00. The molecule has 1 aromatic carbocycles. The second-order valence-corrected chi connectivity index (χ2v) is 4.71. The Balaban J connectivity index is 2.12. The molecule has 0 bridgehead atoms. The summed E-state index contributed by atoms with van der Waals surface area (Å²) in [6.07, 6.45) is -1.94. The SMILES string of the molecule is O=c1c(N=Nc2ccncc2)c(C(F)(F)F)[nH]n1-c1ccccc1. The topological polar surface area (TPSA) is 75.4 Å². The van der Waals surface area contributed by atoms with Crippen LogP contribution in [-0.2, 0) is 6.18 Å². The molecule has 6 nitrogen and oxygen atoms in total. The molecular weight excluding hydrogens is 323 g/mol. The number of nitrogens with one attached hydrogen (secondary N) is 1. The summed E-state index contributed by atoms with van der Waals surface area (Å²) in [6, 6.07) is 10.8. The molecule has 3 rings (SSSR count). The van der Waals surface area contributed by atoms with E-state index in [0.717, 1.165) is 4.68 Å². The first-order chi connectivity index (χ1) is 11.5. The standard InChI is InChI=1S/C15H10F3N5O/c16-15(17,18)13-12(21-20-10-6-8-19-9-7-10)14(24)23(22-13)11-4-2-1-3-5-11/h1-9,22H. The lowest BCUT2D eigenvalue weighted by Gasteiger charge is -2.04. The van der Waals surface area contributed by atoms with Crippen LogP contribution in [0.4, 0.5) is 24.5 Å². The third kappa shape index (κ3) is 3.09. The number of benzene rings is 1. The molecule has 2 aromatic heterocycles. The molecule has 2 heterocycles. The summed E-state index contributed by atoms with van der Waals surface area (Å²) >= 11 is 0. The van der Waals surface area contributed by atoms with Gasteiger partial charge in [-0.25, -0.2) is 4.68 Å². The van der Waals surface area contributed by atoms with E-state index in [0.29, 0.717) is 0 Å².